The van der Waals surface area contributed by atoms with Crippen molar-refractivity contribution in [2.75, 3.05) is 30.8 Å². The van der Waals surface area contributed by atoms with Crippen LogP contribution >= 0.6 is 11.3 Å². The number of likely N-dealkylation sites (tertiary alicyclic amines) is 1. The Balaban J connectivity index is 1.35. The van der Waals surface area contributed by atoms with Crippen LogP contribution in [-0.2, 0) is 27.0 Å². The van der Waals surface area contributed by atoms with Gasteiger partial charge in [0.25, 0.3) is 0 Å². The first-order valence-corrected chi connectivity index (χ1v) is 18.5. The molecule has 7 nitrogen and oxygen atoms in total. The number of anilines is 2. The van der Waals surface area contributed by atoms with E-state index in [-0.39, 0.29) is 17.0 Å². The molecule has 2 heterocycles. The number of rotatable bonds is 10. The Bertz CT molecular complexity index is 1340. The van der Waals surface area contributed by atoms with Gasteiger partial charge in [-0.1, -0.05) is 57.2 Å². The minimum absolute atomic E-state index is 0.0288. The summed E-state index contributed by atoms with van der Waals surface area (Å²) in [6.45, 7) is 13.6. The average molecular weight is 608 g/mol. The molecule has 1 saturated heterocycles. The maximum atomic E-state index is 12.8. The number of nitrogens with zero attached hydrogens (tertiary/aromatic N) is 1. The summed E-state index contributed by atoms with van der Waals surface area (Å²) in [6.07, 6.45) is 2.12. The number of thiophene rings is 1. The van der Waals surface area contributed by atoms with Crippen molar-refractivity contribution in [1.82, 2.24) is 4.90 Å². The van der Waals surface area contributed by atoms with Gasteiger partial charge in [-0.25, -0.2) is 4.79 Å². The fourth-order valence-corrected chi connectivity index (χ4v) is 6.45. The molecule has 0 spiro atoms. The van der Waals surface area contributed by atoms with E-state index in [0.717, 1.165) is 52.5 Å². The average Bonchev–Trinajstić information content (AvgIpc) is 3.39. The van der Waals surface area contributed by atoms with Crippen molar-refractivity contribution in [1.29, 1.82) is 0 Å². The molecule has 226 valence electrons. The van der Waals surface area contributed by atoms with Crippen molar-refractivity contribution < 1.29 is 18.8 Å². The Morgan fingerprint density at radius 2 is 1.71 bits per heavy atom. The molecule has 0 bridgehead atoms. The summed E-state index contributed by atoms with van der Waals surface area (Å²) in [6, 6.07) is 19.8. The summed E-state index contributed by atoms with van der Waals surface area (Å²) < 4.78 is 12.0. The van der Waals surface area contributed by atoms with E-state index in [4.69, 9.17) is 9.16 Å². The quantitative estimate of drug-likeness (QED) is 0.227. The molecule has 4 rings (SSSR count). The van der Waals surface area contributed by atoms with E-state index in [2.05, 4.69) is 62.5 Å². The predicted octanol–water partition coefficient (Wildman–Crippen LogP) is 8.15. The normalized spacial score (nSPS) is 14.9. The van der Waals surface area contributed by atoms with E-state index in [1.165, 1.54) is 0 Å². The maximum absolute atomic E-state index is 12.8. The second-order valence-electron chi connectivity index (χ2n) is 12.6. The van der Waals surface area contributed by atoms with Gasteiger partial charge in [0.1, 0.15) is 6.10 Å². The van der Waals surface area contributed by atoms with Crippen LogP contribution in [0.1, 0.15) is 50.5 Å². The van der Waals surface area contributed by atoms with Crippen LogP contribution < -0.4 is 10.6 Å². The van der Waals surface area contributed by atoms with Crippen molar-refractivity contribution in [3.63, 3.8) is 0 Å². The summed E-state index contributed by atoms with van der Waals surface area (Å²) in [7, 11) is 0.254. The third kappa shape index (κ3) is 9.01. The van der Waals surface area contributed by atoms with Crippen molar-refractivity contribution >= 4 is 42.3 Å². The van der Waals surface area contributed by atoms with Crippen LogP contribution in [0.25, 0.3) is 11.1 Å². The third-order valence-electron chi connectivity index (χ3n) is 8.29. The van der Waals surface area contributed by atoms with Gasteiger partial charge < -0.3 is 19.4 Å². The highest BCUT2D eigenvalue weighted by molar-refractivity contribution is 7.16. The van der Waals surface area contributed by atoms with Gasteiger partial charge in [-0.05, 0) is 79.8 Å². The zero-order chi connectivity index (χ0) is 30.3. The molecular weight excluding hydrogens is 563 g/mol. The molecule has 2 N–H and O–H groups in total. The van der Waals surface area contributed by atoms with Gasteiger partial charge in [0.15, 0.2) is 8.32 Å². The zero-order valence-corrected chi connectivity index (χ0v) is 27.6. The topological polar surface area (TPSA) is 79.9 Å². The van der Waals surface area contributed by atoms with E-state index in [1.54, 1.807) is 11.3 Å². The van der Waals surface area contributed by atoms with Gasteiger partial charge in [0, 0.05) is 30.0 Å². The van der Waals surface area contributed by atoms with Crippen molar-refractivity contribution in [2.24, 2.45) is 0 Å². The lowest BCUT2D eigenvalue weighted by molar-refractivity contribution is -0.116. The summed E-state index contributed by atoms with van der Waals surface area (Å²) in [4.78, 5) is 28.9. The first-order chi connectivity index (χ1) is 19.9. The molecule has 0 radical (unpaired) electrons. The Morgan fingerprint density at radius 3 is 2.40 bits per heavy atom. The first-order valence-electron chi connectivity index (χ1n) is 14.8. The fourth-order valence-electron chi connectivity index (χ4n) is 4.55. The van der Waals surface area contributed by atoms with Crippen LogP contribution in [-0.4, -0.2) is 51.5 Å². The minimum Gasteiger partial charge on any atom is -0.446 e. The van der Waals surface area contributed by atoms with E-state index >= 15 is 0 Å². The van der Waals surface area contributed by atoms with Crippen molar-refractivity contribution in [2.45, 2.75) is 77.3 Å². The molecular formula is C33H45N3O4SSi. The van der Waals surface area contributed by atoms with Gasteiger partial charge in [-0.3, -0.25) is 10.1 Å². The highest BCUT2D eigenvalue weighted by atomic mass is 32.1. The Kier molecular flexibility index (Phi) is 10.6. The second kappa shape index (κ2) is 14.0. The lowest BCUT2D eigenvalue weighted by Gasteiger charge is -2.36. The van der Waals surface area contributed by atoms with Crippen LogP contribution in [0.15, 0.2) is 60.7 Å². The number of aryl methyl sites for hydroxylation is 1. The first kappa shape index (κ1) is 31.9. The van der Waals surface area contributed by atoms with Crippen LogP contribution in [0, 0.1) is 0 Å². The lowest BCUT2D eigenvalue weighted by atomic mass is 9.99. The molecule has 9 heteroatoms. The van der Waals surface area contributed by atoms with Crippen LogP contribution in [0.4, 0.5) is 15.5 Å². The van der Waals surface area contributed by atoms with Gasteiger partial charge in [-0.15, -0.1) is 11.3 Å². The molecule has 1 aliphatic heterocycles. The van der Waals surface area contributed by atoms with Crippen molar-refractivity contribution in [3.05, 3.63) is 71.1 Å². The molecule has 2 amide bonds. The summed E-state index contributed by atoms with van der Waals surface area (Å²) >= 11 is 1.56. The summed E-state index contributed by atoms with van der Waals surface area (Å²) in [5.41, 5.74) is 3.61. The zero-order valence-electron chi connectivity index (χ0n) is 25.8. The third-order valence-corrected chi connectivity index (χ3v) is 13.7. The van der Waals surface area contributed by atoms with E-state index in [1.807, 2.05) is 54.6 Å². The molecule has 3 aromatic rings. The van der Waals surface area contributed by atoms with Crippen LogP contribution in [0.5, 0.6) is 0 Å². The van der Waals surface area contributed by atoms with Gasteiger partial charge >= 0.3 is 6.09 Å². The standard InChI is InChI=1S/C33H45N3O4SSi/c1-33(2,3)42(5,6)39-23-27-14-17-31(41-27)35-30(37)16-13-24-12-15-29(28(22-24)25-10-8-7-9-11-25)34-32(38)40-26-18-20-36(4)21-19-26/h7-12,14-15,17,22,26H,13,16,18-21,23H2,1-6H3,(H,34,38)(H,35,37). The SMILES string of the molecule is CN1CCC(OC(=O)Nc2ccc(CCC(=O)Nc3ccc(CO[Si](C)(C)C(C)(C)C)s3)cc2-c2ccccc2)CC1. The lowest BCUT2D eigenvalue weighted by Crippen LogP contribution is -2.40. The highest BCUT2D eigenvalue weighted by Gasteiger charge is 2.37. The van der Waals surface area contributed by atoms with E-state index < -0.39 is 14.4 Å². The van der Waals surface area contributed by atoms with Crippen LogP contribution in [0.3, 0.4) is 0 Å². The van der Waals surface area contributed by atoms with E-state index in [9.17, 15) is 9.59 Å². The van der Waals surface area contributed by atoms with Crippen molar-refractivity contribution in [3.8, 4) is 11.1 Å². The predicted molar refractivity (Wildman–Crippen MR) is 176 cm³/mol. The van der Waals surface area contributed by atoms with Gasteiger partial charge in [0.2, 0.25) is 5.91 Å². The molecule has 0 aliphatic carbocycles. The Morgan fingerprint density at radius 1 is 1.00 bits per heavy atom. The molecule has 42 heavy (non-hydrogen) atoms. The number of carbonyl (C=O) groups excluding carboxylic acids is 2. The number of benzene rings is 2. The molecule has 0 atom stereocenters. The number of hydrogen-bond donors (Lipinski definition) is 2. The molecule has 1 aromatic heterocycles. The van der Waals surface area contributed by atoms with Gasteiger partial charge in [-0.2, -0.15) is 0 Å². The monoisotopic (exact) mass is 607 g/mol. The number of ether oxygens (including phenoxy) is 1. The summed E-state index contributed by atoms with van der Waals surface area (Å²) in [5, 5.41) is 7.00. The molecule has 2 aromatic carbocycles. The molecule has 1 fully saturated rings. The largest absolute Gasteiger partial charge is 0.446 e. The number of nitrogens with one attached hydrogen (secondary N) is 2. The Labute approximate surface area is 255 Å². The second-order valence-corrected chi connectivity index (χ2v) is 18.6. The minimum atomic E-state index is -1.83. The Hall–Kier alpha value is -2.98. The number of carbonyl (C=O) groups is 2. The number of hydrogen-bond acceptors (Lipinski definition) is 6. The smallest absolute Gasteiger partial charge is 0.411 e. The molecule has 0 saturated carbocycles. The maximum Gasteiger partial charge on any atom is 0.411 e. The van der Waals surface area contributed by atoms with Gasteiger partial charge in [0.05, 0.1) is 17.3 Å². The van der Waals surface area contributed by atoms with E-state index in [0.29, 0.717) is 25.1 Å². The molecule has 1 aliphatic rings. The van der Waals surface area contributed by atoms with Crippen LogP contribution in [0.2, 0.25) is 18.1 Å². The summed E-state index contributed by atoms with van der Waals surface area (Å²) in [5.74, 6) is -0.0288. The molecule has 0 unspecified atom stereocenters. The fraction of sp³-hybridized carbons (Fsp3) is 0.455. The highest BCUT2D eigenvalue weighted by Crippen LogP contribution is 2.37. The number of piperidine rings is 1. The number of amides is 2.